The van der Waals surface area contributed by atoms with Gasteiger partial charge in [-0.25, -0.2) is 4.99 Å². The summed E-state index contributed by atoms with van der Waals surface area (Å²) in [5.41, 5.74) is 3.19. The zero-order valence-corrected chi connectivity index (χ0v) is 17.8. The molecule has 29 heavy (non-hydrogen) atoms. The minimum atomic E-state index is -0.166. The van der Waals surface area contributed by atoms with Gasteiger partial charge in [-0.3, -0.25) is 4.79 Å². The molecule has 0 unspecified atom stereocenters. The van der Waals surface area contributed by atoms with Gasteiger partial charge in [-0.05, 0) is 36.4 Å². The maximum absolute atomic E-state index is 11.7. The second-order valence-electron chi connectivity index (χ2n) is 6.30. The van der Waals surface area contributed by atoms with Gasteiger partial charge in [0.1, 0.15) is 5.75 Å². The van der Waals surface area contributed by atoms with Crippen molar-refractivity contribution in [1.82, 2.24) is 4.57 Å². The Balaban J connectivity index is 1.79. The minimum absolute atomic E-state index is 0.0313. The van der Waals surface area contributed by atoms with E-state index in [4.69, 9.17) is 37.7 Å². The maximum atomic E-state index is 11.7. The zero-order valence-electron chi connectivity index (χ0n) is 15.4. The lowest BCUT2D eigenvalue weighted by Crippen LogP contribution is -2.25. The van der Waals surface area contributed by atoms with Gasteiger partial charge in [0.2, 0.25) is 0 Å². The van der Waals surface area contributed by atoms with Crippen LogP contribution in [0.3, 0.4) is 0 Å². The van der Waals surface area contributed by atoms with E-state index in [1.165, 1.54) is 11.3 Å². The third kappa shape index (κ3) is 4.33. The highest BCUT2D eigenvalue weighted by Gasteiger charge is 2.18. The number of amides is 1. The van der Waals surface area contributed by atoms with Crippen molar-refractivity contribution in [2.75, 3.05) is 25.6 Å². The van der Waals surface area contributed by atoms with Gasteiger partial charge in [0, 0.05) is 29.6 Å². The van der Waals surface area contributed by atoms with Crippen molar-refractivity contribution >= 4 is 51.8 Å². The first kappa shape index (κ1) is 20.0. The molecule has 150 valence electrons. The van der Waals surface area contributed by atoms with Crippen LogP contribution in [-0.2, 0) is 16.1 Å². The van der Waals surface area contributed by atoms with Crippen molar-refractivity contribution < 1.29 is 14.3 Å². The van der Waals surface area contributed by atoms with E-state index in [2.05, 4.69) is 9.88 Å². The molecule has 0 fully saturated rings. The Hall–Kier alpha value is -2.32. The molecule has 9 heteroatoms. The molecule has 0 spiro atoms. The highest BCUT2D eigenvalue weighted by atomic mass is 35.5. The Bertz CT molecular complexity index is 1140. The van der Waals surface area contributed by atoms with Crippen LogP contribution < -0.4 is 14.9 Å². The zero-order chi connectivity index (χ0) is 20.4. The van der Waals surface area contributed by atoms with Crippen molar-refractivity contribution in [3.05, 3.63) is 56.6 Å². The molecule has 4 rings (SSSR count). The maximum Gasteiger partial charge on any atom is 0.262 e. The summed E-state index contributed by atoms with van der Waals surface area (Å²) in [4.78, 5) is 17.2. The van der Waals surface area contributed by atoms with E-state index in [9.17, 15) is 4.79 Å². The number of carbonyl (C=O) groups excluding carboxylic acids is 1. The summed E-state index contributed by atoms with van der Waals surface area (Å²) in [5, 5.41) is 5.91. The number of methoxy groups -OCH3 is 1. The summed E-state index contributed by atoms with van der Waals surface area (Å²) < 4.78 is 12.8. The fourth-order valence-electron chi connectivity index (χ4n) is 2.97. The summed E-state index contributed by atoms with van der Waals surface area (Å²) in [6.07, 6.45) is 0. The molecule has 2 aromatic carbocycles. The number of hydrogen-bond donors (Lipinski definition) is 1. The van der Waals surface area contributed by atoms with Crippen LogP contribution in [0.5, 0.6) is 5.75 Å². The summed E-state index contributed by atoms with van der Waals surface area (Å²) in [6.45, 7) is 1.17. The quantitative estimate of drug-likeness (QED) is 0.611. The van der Waals surface area contributed by atoms with Crippen LogP contribution in [0.2, 0.25) is 10.0 Å². The van der Waals surface area contributed by atoms with Crippen LogP contribution in [0.25, 0.3) is 11.3 Å². The number of carbonyl (C=O) groups is 1. The molecule has 1 N–H and O–H groups in total. The largest absolute Gasteiger partial charge is 0.482 e. The first-order valence-corrected chi connectivity index (χ1v) is 10.4. The third-order valence-electron chi connectivity index (χ3n) is 4.35. The second-order valence-corrected chi connectivity index (χ2v) is 7.98. The first-order valence-electron chi connectivity index (χ1n) is 8.79. The van der Waals surface area contributed by atoms with Crippen molar-refractivity contribution in [3.8, 4) is 17.0 Å². The lowest BCUT2D eigenvalue weighted by atomic mass is 10.1. The predicted octanol–water partition coefficient (Wildman–Crippen LogP) is 4.73. The Morgan fingerprint density at radius 2 is 2.14 bits per heavy atom. The van der Waals surface area contributed by atoms with Gasteiger partial charge < -0.3 is 19.4 Å². The average Bonchev–Trinajstić information content (AvgIpc) is 3.10. The van der Waals surface area contributed by atoms with Crippen LogP contribution in [0.15, 0.2) is 46.8 Å². The molecule has 1 aromatic heterocycles. The number of halogens is 2. The summed E-state index contributed by atoms with van der Waals surface area (Å²) >= 11 is 13.8. The molecule has 0 aliphatic carbocycles. The van der Waals surface area contributed by atoms with Gasteiger partial charge in [0.05, 0.1) is 28.7 Å². The van der Waals surface area contributed by atoms with E-state index in [1.807, 2.05) is 23.6 Å². The molecule has 1 amide bonds. The lowest BCUT2D eigenvalue weighted by molar-refractivity contribution is -0.118. The number of rotatable bonds is 5. The monoisotopic (exact) mass is 449 g/mol. The topological polar surface area (TPSA) is 64.8 Å². The van der Waals surface area contributed by atoms with Gasteiger partial charge in [0.25, 0.3) is 5.91 Å². The van der Waals surface area contributed by atoms with E-state index in [0.717, 1.165) is 16.1 Å². The SMILES string of the molecule is COCCn1c(-c2ccc3c(c2)NC(=O)CO3)csc1=Nc1ccc(Cl)cc1Cl. The number of nitrogens with one attached hydrogen (secondary N) is 1. The molecule has 0 radical (unpaired) electrons. The molecule has 0 bridgehead atoms. The number of ether oxygens (including phenoxy) is 2. The summed E-state index contributed by atoms with van der Waals surface area (Å²) in [7, 11) is 1.66. The Morgan fingerprint density at radius 3 is 2.93 bits per heavy atom. The Morgan fingerprint density at radius 1 is 1.28 bits per heavy atom. The number of fused-ring (bicyclic) bond motifs is 1. The van der Waals surface area contributed by atoms with Crippen LogP contribution in [0.4, 0.5) is 11.4 Å². The Labute approximate surface area is 181 Å². The molecule has 6 nitrogen and oxygen atoms in total. The number of nitrogens with zero attached hydrogens (tertiary/aromatic N) is 2. The molecule has 1 aliphatic heterocycles. The Kier molecular flexibility index (Phi) is 5.91. The van der Waals surface area contributed by atoms with E-state index in [-0.39, 0.29) is 12.5 Å². The molecular formula is C20H17Cl2N3O3S. The van der Waals surface area contributed by atoms with Crippen molar-refractivity contribution in [2.45, 2.75) is 6.54 Å². The van der Waals surface area contributed by atoms with E-state index >= 15 is 0 Å². The molecule has 2 heterocycles. The first-order chi connectivity index (χ1) is 14.0. The van der Waals surface area contributed by atoms with Crippen molar-refractivity contribution in [2.24, 2.45) is 4.99 Å². The van der Waals surface area contributed by atoms with Gasteiger partial charge in [-0.15, -0.1) is 11.3 Å². The fraction of sp³-hybridized carbons (Fsp3) is 0.200. The van der Waals surface area contributed by atoms with Crippen molar-refractivity contribution in [3.63, 3.8) is 0 Å². The lowest BCUT2D eigenvalue weighted by Gasteiger charge is -2.19. The standard InChI is InChI=1S/C20H17Cl2N3O3S/c1-27-7-6-25-17(12-2-5-18-16(8-12)23-19(26)10-28-18)11-29-20(25)24-15-4-3-13(21)9-14(15)22/h2-5,8-9,11H,6-7,10H2,1H3,(H,23,26). The molecular weight excluding hydrogens is 433 g/mol. The number of hydrogen-bond acceptors (Lipinski definition) is 5. The minimum Gasteiger partial charge on any atom is -0.482 e. The van der Waals surface area contributed by atoms with Crippen LogP contribution in [0.1, 0.15) is 0 Å². The van der Waals surface area contributed by atoms with Crippen LogP contribution in [-0.4, -0.2) is 30.8 Å². The van der Waals surface area contributed by atoms with E-state index in [1.54, 1.807) is 25.3 Å². The number of benzene rings is 2. The van der Waals surface area contributed by atoms with Crippen LogP contribution in [0, 0.1) is 0 Å². The van der Waals surface area contributed by atoms with Crippen molar-refractivity contribution in [1.29, 1.82) is 0 Å². The van der Waals surface area contributed by atoms with E-state index in [0.29, 0.717) is 40.3 Å². The highest BCUT2D eigenvalue weighted by Crippen LogP contribution is 2.33. The average molecular weight is 450 g/mol. The summed E-state index contributed by atoms with van der Waals surface area (Å²) in [6, 6.07) is 10.9. The molecule has 1 aliphatic rings. The molecule has 0 atom stereocenters. The highest BCUT2D eigenvalue weighted by molar-refractivity contribution is 7.07. The normalized spacial score (nSPS) is 13.8. The number of anilines is 1. The van der Waals surface area contributed by atoms with Gasteiger partial charge in [-0.2, -0.15) is 0 Å². The third-order valence-corrected chi connectivity index (χ3v) is 5.75. The smallest absolute Gasteiger partial charge is 0.262 e. The second kappa shape index (κ2) is 8.59. The van der Waals surface area contributed by atoms with Gasteiger partial charge >= 0.3 is 0 Å². The molecule has 3 aromatic rings. The number of thiazole rings is 1. The number of aromatic nitrogens is 1. The molecule has 0 saturated carbocycles. The fourth-order valence-corrected chi connectivity index (χ4v) is 4.36. The summed E-state index contributed by atoms with van der Waals surface area (Å²) in [5.74, 6) is 0.491. The van der Waals surface area contributed by atoms with Gasteiger partial charge in [-0.1, -0.05) is 23.2 Å². The van der Waals surface area contributed by atoms with Crippen LogP contribution >= 0.6 is 34.5 Å². The van der Waals surface area contributed by atoms with E-state index < -0.39 is 0 Å². The predicted molar refractivity (Wildman–Crippen MR) is 115 cm³/mol. The van der Waals surface area contributed by atoms with Gasteiger partial charge in [0.15, 0.2) is 11.4 Å². The molecule has 0 saturated heterocycles.